The van der Waals surface area contributed by atoms with Gasteiger partial charge in [0.15, 0.2) is 0 Å². The first-order valence-electron chi connectivity index (χ1n) is 10.6. The number of benzene rings is 2. The van der Waals surface area contributed by atoms with Crippen LogP contribution < -0.4 is 4.74 Å². The van der Waals surface area contributed by atoms with E-state index < -0.39 is 24.5 Å². The van der Waals surface area contributed by atoms with Gasteiger partial charge in [0, 0.05) is 30.0 Å². The Kier molecular flexibility index (Phi) is 7.72. The quantitative estimate of drug-likeness (QED) is 0.272. The molecular formula is C25H26F3NO3. The van der Waals surface area contributed by atoms with Crippen molar-refractivity contribution in [3.8, 4) is 5.75 Å². The number of carbonyl (C=O) groups excluding carboxylic acids is 1. The zero-order chi connectivity index (χ0) is 23.1. The summed E-state index contributed by atoms with van der Waals surface area (Å²) in [7, 11) is 1.56. The van der Waals surface area contributed by atoms with Crippen molar-refractivity contribution >= 4 is 16.9 Å². The summed E-state index contributed by atoms with van der Waals surface area (Å²) in [5, 5.41) is 0.816. The van der Waals surface area contributed by atoms with Crippen LogP contribution in [0, 0.1) is 0 Å². The van der Waals surface area contributed by atoms with Gasteiger partial charge >= 0.3 is 12.1 Å². The van der Waals surface area contributed by atoms with Crippen molar-refractivity contribution in [3.05, 3.63) is 71.4 Å². The fourth-order valence-corrected chi connectivity index (χ4v) is 3.51. The van der Waals surface area contributed by atoms with Gasteiger partial charge in [-0.15, -0.1) is 0 Å². The van der Waals surface area contributed by atoms with E-state index in [0.717, 1.165) is 18.2 Å². The summed E-state index contributed by atoms with van der Waals surface area (Å²) in [4.78, 5) is 16.6. The summed E-state index contributed by atoms with van der Waals surface area (Å²) < 4.78 is 49.4. The molecule has 0 fully saturated rings. The van der Waals surface area contributed by atoms with Gasteiger partial charge in [-0.3, -0.25) is 4.98 Å². The topological polar surface area (TPSA) is 48.4 Å². The molecule has 3 rings (SSSR count). The first-order chi connectivity index (χ1) is 15.3. The van der Waals surface area contributed by atoms with E-state index in [1.165, 1.54) is 0 Å². The highest BCUT2D eigenvalue weighted by atomic mass is 19.4. The van der Waals surface area contributed by atoms with Gasteiger partial charge in [0.05, 0.1) is 24.8 Å². The van der Waals surface area contributed by atoms with E-state index in [2.05, 4.69) is 4.98 Å². The van der Waals surface area contributed by atoms with E-state index >= 15 is 0 Å². The van der Waals surface area contributed by atoms with Crippen LogP contribution in [0.15, 0.2) is 54.7 Å². The molecule has 2 aromatic carbocycles. The Labute approximate surface area is 185 Å². The Morgan fingerprint density at radius 2 is 1.81 bits per heavy atom. The molecule has 7 heteroatoms. The van der Waals surface area contributed by atoms with Crippen LogP contribution in [0.2, 0.25) is 0 Å². The predicted octanol–water partition coefficient (Wildman–Crippen LogP) is 6.67. The number of alkyl halides is 3. The van der Waals surface area contributed by atoms with Crippen LogP contribution in [0.1, 0.15) is 60.0 Å². The molecule has 170 valence electrons. The molecule has 1 aromatic heterocycles. The van der Waals surface area contributed by atoms with E-state index in [9.17, 15) is 18.0 Å². The fraction of sp³-hybridized carbons (Fsp3) is 0.360. The number of nitrogens with zero attached hydrogens (tertiary/aromatic N) is 1. The van der Waals surface area contributed by atoms with Crippen LogP contribution in [-0.2, 0) is 4.74 Å². The average molecular weight is 445 g/mol. The highest BCUT2D eigenvalue weighted by molar-refractivity contribution is 5.89. The first-order valence-corrected chi connectivity index (χ1v) is 10.6. The number of carbonyl (C=O) groups is 1. The summed E-state index contributed by atoms with van der Waals surface area (Å²) >= 11 is 0. The Bertz CT molecular complexity index is 1050. The van der Waals surface area contributed by atoms with Crippen molar-refractivity contribution in [3.63, 3.8) is 0 Å². The second-order valence-electron chi connectivity index (χ2n) is 7.65. The molecule has 1 atom stereocenters. The number of methoxy groups -OCH3 is 1. The molecule has 1 heterocycles. The lowest BCUT2D eigenvalue weighted by molar-refractivity contribution is -0.135. The Morgan fingerprint density at radius 3 is 2.47 bits per heavy atom. The van der Waals surface area contributed by atoms with Crippen molar-refractivity contribution in [1.82, 2.24) is 4.98 Å². The first kappa shape index (κ1) is 23.6. The molecule has 0 saturated carbocycles. The molecular weight excluding hydrogens is 419 g/mol. The van der Waals surface area contributed by atoms with Gasteiger partial charge in [-0.25, -0.2) is 4.79 Å². The Balaban J connectivity index is 1.89. The molecule has 4 nitrogen and oxygen atoms in total. The SMILES string of the molecule is CCCCOC(=O)c1ccc([C@@H](CCC(F)(F)F)c2cnc3cc(OC)ccc3c2)cc1. The summed E-state index contributed by atoms with van der Waals surface area (Å²) in [5.74, 6) is -0.285. The van der Waals surface area contributed by atoms with Crippen molar-refractivity contribution < 1.29 is 27.4 Å². The fourth-order valence-electron chi connectivity index (χ4n) is 3.51. The maximum Gasteiger partial charge on any atom is 0.389 e. The second kappa shape index (κ2) is 10.5. The third-order valence-electron chi connectivity index (χ3n) is 5.31. The van der Waals surface area contributed by atoms with Gasteiger partial charge < -0.3 is 9.47 Å². The molecule has 0 amide bonds. The van der Waals surface area contributed by atoms with E-state index in [1.54, 1.807) is 49.7 Å². The summed E-state index contributed by atoms with van der Waals surface area (Å²) in [6.45, 7) is 2.35. The van der Waals surface area contributed by atoms with E-state index in [0.29, 0.717) is 34.6 Å². The van der Waals surface area contributed by atoms with Gasteiger partial charge in [-0.05, 0) is 54.3 Å². The van der Waals surface area contributed by atoms with Crippen LogP contribution in [0.25, 0.3) is 10.9 Å². The zero-order valence-electron chi connectivity index (χ0n) is 18.1. The van der Waals surface area contributed by atoms with Gasteiger partial charge in [0.1, 0.15) is 5.75 Å². The summed E-state index contributed by atoms with van der Waals surface area (Å²) in [6.07, 6.45) is -2.00. The number of hydrogen-bond acceptors (Lipinski definition) is 4. The van der Waals surface area contributed by atoms with Gasteiger partial charge in [-0.1, -0.05) is 25.5 Å². The molecule has 0 N–H and O–H groups in total. The lowest BCUT2D eigenvalue weighted by atomic mass is 9.87. The van der Waals surface area contributed by atoms with Crippen molar-refractivity contribution in [2.75, 3.05) is 13.7 Å². The van der Waals surface area contributed by atoms with Crippen molar-refractivity contribution in [1.29, 1.82) is 0 Å². The van der Waals surface area contributed by atoms with Crippen LogP contribution >= 0.6 is 0 Å². The minimum atomic E-state index is -4.26. The third kappa shape index (κ3) is 6.22. The molecule has 0 aliphatic carbocycles. The minimum Gasteiger partial charge on any atom is -0.497 e. The number of rotatable bonds is 9. The van der Waals surface area contributed by atoms with Gasteiger partial charge in [-0.2, -0.15) is 13.2 Å². The number of esters is 1. The molecule has 0 unspecified atom stereocenters. The highest BCUT2D eigenvalue weighted by Gasteiger charge is 2.29. The molecule has 0 aliphatic rings. The van der Waals surface area contributed by atoms with Gasteiger partial charge in [0.25, 0.3) is 0 Å². The largest absolute Gasteiger partial charge is 0.497 e. The maximum atomic E-state index is 13.0. The standard InChI is InChI=1S/C25H26F3NO3/c1-3-4-13-32-24(30)18-7-5-17(6-8-18)22(11-12-25(26,27)28)20-14-19-9-10-21(31-2)15-23(19)29-16-20/h5-10,14-16,22H,3-4,11-13H2,1-2H3/t22-/m1/s1. The number of ether oxygens (including phenoxy) is 2. The number of unbranched alkanes of at least 4 members (excludes halogenated alkanes) is 1. The van der Waals surface area contributed by atoms with Crippen LogP contribution in [-0.4, -0.2) is 30.8 Å². The molecule has 0 saturated heterocycles. The second-order valence-corrected chi connectivity index (χ2v) is 7.65. The average Bonchev–Trinajstić information content (AvgIpc) is 2.78. The summed E-state index contributed by atoms with van der Waals surface area (Å²) in [5.41, 5.74) is 2.45. The number of hydrogen-bond donors (Lipinski definition) is 0. The normalized spacial score (nSPS) is 12.5. The predicted molar refractivity (Wildman–Crippen MR) is 117 cm³/mol. The van der Waals surface area contributed by atoms with E-state index in [1.807, 2.05) is 19.1 Å². The molecule has 0 bridgehead atoms. The molecule has 0 aliphatic heterocycles. The van der Waals surface area contributed by atoms with Gasteiger partial charge in [0.2, 0.25) is 0 Å². The number of halogens is 3. The van der Waals surface area contributed by atoms with E-state index in [4.69, 9.17) is 9.47 Å². The smallest absolute Gasteiger partial charge is 0.389 e. The number of pyridine rings is 1. The third-order valence-corrected chi connectivity index (χ3v) is 5.31. The maximum absolute atomic E-state index is 13.0. The Morgan fingerprint density at radius 1 is 1.06 bits per heavy atom. The summed E-state index contributed by atoms with van der Waals surface area (Å²) in [6, 6.07) is 13.8. The highest BCUT2D eigenvalue weighted by Crippen LogP contribution is 2.35. The minimum absolute atomic E-state index is 0.118. The molecule has 0 spiro atoms. The van der Waals surface area contributed by atoms with E-state index in [-0.39, 0.29) is 6.42 Å². The molecule has 32 heavy (non-hydrogen) atoms. The monoisotopic (exact) mass is 445 g/mol. The van der Waals surface area contributed by atoms with Crippen molar-refractivity contribution in [2.24, 2.45) is 0 Å². The lowest BCUT2D eigenvalue weighted by Crippen LogP contribution is -2.12. The number of aromatic nitrogens is 1. The van der Waals surface area contributed by atoms with Crippen molar-refractivity contribution in [2.45, 2.75) is 44.7 Å². The van der Waals surface area contributed by atoms with Crippen LogP contribution in [0.5, 0.6) is 5.75 Å². The Hall–Kier alpha value is -3.09. The zero-order valence-corrected chi connectivity index (χ0v) is 18.1. The lowest BCUT2D eigenvalue weighted by Gasteiger charge is -2.19. The van der Waals surface area contributed by atoms with Crippen LogP contribution in [0.3, 0.4) is 0 Å². The number of fused-ring (bicyclic) bond motifs is 1. The molecule has 3 aromatic rings. The van der Waals surface area contributed by atoms with Crippen LogP contribution in [0.4, 0.5) is 13.2 Å². The molecule has 0 radical (unpaired) electrons.